The Kier molecular flexibility index (Phi) is 10.4. The van der Waals surface area contributed by atoms with Gasteiger partial charge in [0.1, 0.15) is 4.88 Å². The molecule has 34 heavy (non-hydrogen) atoms. The molecule has 1 aliphatic carbocycles. The molecule has 0 saturated carbocycles. The summed E-state index contributed by atoms with van der Waals surface area (Å²) < 4.78 is 10.3. The molecule has 1 aliphatic rings. The molecule has 2 aromatic rings. The number of rotatable bonds is 13. The molecule has 0 aliphatic heterocycles. The van der Waals surface area contributed by atoms with Gasteiger partial charge >= 0.3 is 5.97 Å². The highest BCUT2D eigenvalue weighted by Gasteiger charge is 2.31. The number of carbonyl (C=O) groups is 1. The van der Waals surface area contributed by atoms with Crippen LogP contribution in [0.15, 0.2) is 48.0 Å². The zero-order valence-corrected chi connectivity index (χ0v) is 21.5. The van der Waals surface area contributed by atoms with Gasteiger partial charge in [0, 0.05) is 29.4 Å². The van der Waals surface area contributed by atoms with Crippen LogP contribution in [0.25, 0.3) is 0 Å². The molecule has 5 heteroatoms. The summed E-state index contributed by atoms with van der Waals surface area (Å²) in [5, 5.41) is 9.75. The zero-order chi connectivity index (χ0) is 24.3. The largest absolute Gasteiger partial charge is 0.465 e. The van der Waals surface area contributed by atoms with Gasteiger partial charge in [0.25, 0.3) is 0 Å². The highest BCUT2D eigenvalue weighted by atomic mass is 32.1. The van der Waals surface area contributed by atoms with E-state index in [4.69, 9.17) is 9.47 Å². The molecule has 0 bridgehead atoms. The lowest BCUT2D eigenvalue weighted by Gasteiger charge is -2.23. The Morgan fingerprint density at radius 2 is 1.94 bits per heavy atom. The maximum atomic E-state index is 11.7. The molecular formula is C29H37NO3S. The standard InChI is InChI=1S/C29H37NO3S/c1-4-5-6-8-25(20-32-2)21-11-13-23(14-12-21)28-22(15-16-24(28)19-30)9-7-10-26-17-18-27(34-26)29(31)33-3/h11-14,16-18,22,25,28H,4-10,15,20H2,1-3H3/t22-,25?,28?/m0/s1. The average Bonchev–Trinajstić information content (AvgIpc) is 3.50. The molecule has 0 radical (unpaired) electrons. The van der Waals surface area contributed by atoms with E-state index in [0.29, 0.717) is 16.7 Å². The molecule has 0 saturated heterocycles. The lowest BCUT2D eigenvalue weighted by Crippen LogP contribution is -2.11. The number of hydrogen-bond donors (Lipinski definition) is 0. The third kappa shape index (κ3) is 6.81. The van der Waals surface area contributed by atoms with Crippen molar-refractivity contribution >= 4 is 17.3 Å². The monoisotopic (exact) mass is 479 g/mol. The first-order valence-electron chi connectivity index (χ1n) is 12.5. The zero-order valence-electron chi connectivity index (χ0n) is 20.7. The minimum Gasteiger partial charge on any atom is -0.465 e. The fraction of sp³-hybridized carbons (Fsp3) is 0.517. The molecule has 1 heterocycles. The first-order valence-corrected chi connectivity index (χ1v) is 13.3. The van der Waals surface area contributed by atoms with E-state index >= 15 is 0 Å². The van der Waals surface area contributed by atoms with Crippen LogP contribution in [0.5, 0.6) is 0 Å². The molecule has 0 fully saturated rings. The van der Waals surface area contributed by atoms with Crippen molar-refractivity contribution in [2.45, 2.75) is 70.1 Å². The van der Waals surface area contributed by atoms with Gasteiger partial charge in [0.2, 0.25) is 0 Å². The molecule has 0 amide bonds. The number of nitriles is 1. The van der Waals surface area contributed by atoms with Crippen molar-refractivity contribution in [1.82, 2.24) is 0 Å². The van der Waals surface area contributed by atoms with Crippen molar-refractivity contribution in [3.63, 3.8) is 0 Å². The summed E-state index contributed by atoms with van der Waals surface area (Å²) in [4.78, 5) is 13.6. The molecule has 4 nitrogen and oxygen atoms in total. The topological polar surface area (TPSA) is 59.3 Å². The molecule has 3 rings (SSSR count). The third-order valence-corrected chi connectivity index (χ3v) is 8.04. The number of benzene rings is 1. The minimum absolute atomic E-state index is 0.175. The minimum atomic E-state index is -0.267. The normalized spacial score (nSPS) is 18.4. The fourth-order valence-electron chi connectivity index (χ4n) is 5.07. The van der Waals surface area contributed by atoms with Crippen LogP contribution in [0, 0.1) is 17.2 Å². The van der Waals surface area contributed by atoms with Crippen LogP contribution in [0.2, 0.25) is 0 Å². The van der Waals surface area contributed by atoms with Crippen LogP contribution in [-0.2, 0) is 15.9 Å². The second-order valence-electron chi connectivity index (χ2n) is 9.21. The Labute approximate surface area is 208 Å². The van der Waals surface area contributed by atoms with Crippen LogP contribution in [0.3, 0.4) is 0 Å². The number of thiophene rings is 1. The number of hydrogen-bond acceptors (Lipinski definition) is 5. The molecule has 0 spiro atoms. The van der Waals surface area contributed by atoms with E-state index in [1.54, 1.807) is 7.11 Å². The Morgan fingerprint density at radius 1 is 1.15 bits per heavy atom. The Morgan fingerprint density at radius 3 is 2.62 bits per heavy atom. The van der Waals surface area contributed by atoms with Crippen molar-refractivity contribution in [2.75, 3.05) is 20.8 Å². The van der Waals surface area contributed by atoms with Gasteiger partial charge in [0.05, 0.1) is 19.8 Å². The fourth-order valence-corrected chi connectivity index (χ4v) is 6.04. The van der Waals surface area contributed by atoms with Gasteiger partial charge in [-0.2, -0.15) is 5.26 Å². The molecule has 1 aromatic carbocycles. The lowest BCUT2D eigenvalue weighted by molar-refractivity contribution is 0.0606. The maximum absolute atomic E-state index is 11.7. The van der Waals surface area contributed by atoms with Crippen molar-refractivity contribution in [2.24, 2.45) is 5.92 Å². The van der Waals surface area contributed by atoms with Crippen LogP contribution in [-0.4, -0.2) is 26.8 Å². The highest BCUT2D eigenvalue weighted by Crippen LogP contribution is 2.43. The quantitative estimate of drug-likeness (QED) is 0.221. The first kappa shape index (κ1) is 26.2. The van der Waals surface area contributed by atoms with E-state index in [2.05, 4.69) is 43.3 Å². The van der Waals surface area contributed by atoms with Crippen LogP contribution >= 0.6 is 11.3 Å². The number of nitrogens with zero attached hydrogens (tertiary/aromatic N) is 1. The number of allylic oxidation sites excluding steroid dienone is 2. The third-order valence-electron chi connectivity index (χ3n) is 6.91. The van der Waals surface area contributed by atoms with Crippen LogP contribution in [0.1, 0.15) is 89.4 Å². The smallest absolute Gasteiger partial charge is 0.348 e. The number of carbonyl (C=O) groups excluding carboxylic acids is 1. The summed E-state index contributed by atoms with van der Waals surface area (Å²) in [5.41, 5.74) is 3.48. The van der Waals surface area contributed by atoms with E-state index < -0.39 is 0 Å². The van der Waals surface area contributed by atoms with Gasteiger partial charge in [-0.1, -0.05) is 56.5 Å². The molecule has 2 unspecified atom stereocenters. The second-order valence-corrected chi connectivity index (χ2v) is 10.4. The number of unbranched alkanes of at least 4 members (excludes halogenated alkanes) is 2. The van der Waals surface area contributed by atoms with Gasteiger partial charge in [-0.05, 0) is 61.3 Å². The number of ether oxygens (including phenoxy) is 2. The van der Waals surface area contributed by atoms with Crippen LogP contribution in [0.4, 0.5) is 0 Å². The number of methoxy groups -OCH3 is 2. The summed E-state index contributed by atoms with van der Waals surface area (Å²) in [5.74, 6) is 0.780. The van der Waals surface area contributed by atoms with Gasteiger partial charge in [0.15, 0.2) is 0 Å². The van der Waals surface area contributed by atoms with Crippen LogP contribution < -0.4 is 0 Å². The Bertz CT molecular complexity index is 986. The summed E-state index contributed by atoms with van der Waals surface area (Å²) >= 11 is 1.52. The molecule has 3 atom stereocenters. The second kappa shape index (κ2) is 13.5. The maximum Gasteiger partial charge on any atom is 0.348 e. The average molecular weight is 480 g/mol. The van der Waals surface area contributed by atoms with E-state index in [0.717, 1.165) is 44.3 Å². The van der Waals surface area contributed by atoms with Gasteiger partial charge < -0.3 is 9.47 Å². The number of aryl methyl sites for hydroxylation is 1. The predicted molar refractivity (Wildman–Crippen MR) is 138 cm³/mol. The van der Waals surface area contributed by atoms with Crippen molar-refractivity contribution < 1.29 is 14.3 Å². The van der Waals surface area contributed by atoms with Gasteiger partial charge in [-0.15, -0.1) is 11.3 Å². The summed E-state index contributed by atoms with van der Waals surface area (Å²) in [6.45, 7) is 2.98. The van der Waals surface area contributed by atoms with Crippen molar-refractivity contribution in [1.29, 1.82) is 5.26 Å². The van der Waals surface area contributed by atoms with Gasteiger partial charge in [-0.25, -0.2) is 4.79 Å². The highest BCUT2D eigenvalue weighted by molar-refractivity contribution is 7.13. The van der Waals surface area contributed by atoms with Gasteiger partial charge in [-0.3, -0.25) is 0 Å². The Balaban J connectivity index is 1.63. The number of esters is 1. The molecule has 1 aromatic heterocycles. The van der Waals surface area contributed by atoms with Crippen molar-refractivity contribution in [3.05, 3.63) is 68.9 Å². The molecule has 0 N–H and O–H groups in total. The summed E-state index contributed by atoms with van der Waals surface area (Å²) in [7, 11) is 3.19. The first-order chi connectivity index (χ1) is 16.6. The SMILES string of the molecule is CCCCCC(COC)c1ccc(C2C(C#N)=CC[C@@H]2CCCc2ccc(C(=O)OC)s2)cc1. The van der Waals surface area contributed by atoms with E-state index in [1.165, 1.54) is 53.7 Å². The summed E-state index contributed by atoms with van der Waals surface area (Å²) in [6.07, 6.45) is 11.0. The van der Waals surface area contributed by atoms with E-state index in [1.807, 2.05) is 12.1 Å². The summed E-state index contributed by atoms with van der Waals surface area (Å²) in [6, 6.07) is 15.3. The van der Waals surface area contributed by atoms with E-state index in [-0.39, 0.29) is 11.9 Å². The Hall–Kier alpha value is -2.42. The molecular weight excluding hydrogens is 442 g/mol. The lowest BCUT2D eigenvalue weighted by atomic mass is 9.81. The van der Waals surface area contributed by atoms with E-state index in [9.17, 15) is 10.1 Å². The predicted octanol–water partition coefficient (Wildman–Crippen LogP) is 7.42. The van der Waals surface area contributed by atoms with Crippen molar-refractivity contribution in [3.8, 4) is 6.07 Å². The molecule has 182 valence electrons.